The summed E-state index contributed by atoms with van der Waals surface area (Å²) in [4.78, 5) is 2.57. The van der Waals surface area contributed by atoms with Crippen LogP contribution in [0.2, 0.25) is 0 Å². The first-order chi connectivity index (χ1) is 5.17. The third-order valence-corrected chi connectivity index (χ3v) is 2.84. The quantitative estimate of drug-likeness (QED) is 0.562. The molecule has 0 aromatic carbocycles. The first-order valence-electron chi connectivity index (χ1n) is 4.49. The summed E-state index contributed by atoms with van der Waals surface area (Å²) in [7, 11) is 0. The Balaban J connectivity index is 1.88. The fourth-order valence-electron chi connectivity index (χ4n) is 1.90. The second-order valence-electron chi connectivity index (χ2n) is 4.58. The highest BCUT2D eigenvalue weighted by Crippen LogP contribution is 2.31. The van der Waals surface area contributed by atoms with Crippen molar-refractivity contribution in [3.8, 4) is 0 Å². The Hall–Kier alpha value is -0.0800. The summed E-state index contributed by atoms with van der Waals surface area (Å²) in [6.45, 7) is 9.19. The summed E-state index contributed by atoms with van der Waals surface area (Å²) in [5.41, 5.74) is 0.551. The molecule has 0 aliphatic carbocycles. The number of hydrogen-bond donors (Lipinski definition) is 0. The molecule has 0 N–H and O–H groups in total. The third-order valence-electron chi connectivity index (χ3n) is 2.84. The molecular formula is C9H17NO. The number of hydrogen-bond acceptors (Lipinski definition) is 2. The monoisotopic (exact) mass is 155 g/mol. The molecule has 0 atom stereocenters. The molecule has 2 nitrogen and oxygen atoms in total. The van der Waals surface area contributed by atoms with Gasteiger partial charge < -0.3 is 4.74 Å². The maximum atomic E-state index is 5.17. The molecule has 11 heavy (non-hydrogen) atoms. The van der Waals surface area contributed by atoms with Gasteiger partial charge in [0, 0.05) is 6.54 Å². The smallest absolute Gasteiger partial charge is 0.0645 e. The maximum absolute atomic E-state index is 5.17. The molecule has 0 radical (unpaired) electrons. The maximum Gasteiger partial charge on any atom is 0.0645 e. The molecule has 64 valence electrons. The summed E-state index contributed by atoms with van der Waals surface area (Å²) >= 11 is 0. The van der Waals surface area contributed by atoms with Crippen molar-refractivity contribution in [2.24, 2.45) is 5.41 Å². The minimum Gasteiger partial charge on any atom is -0.378 e. The van der Waals surface area contributed by atoms with E-state index in [1.807, 2.05) is 0 Å². The van der Waals surface area contributed by atoms with Gasteiger partial charge in [-0.1, -0.05) is 13.8 Å². The summed E-state index contributed by atoms with van der Waals surface area (Å²) in [5, 5.41) is 0. The van der Waals surface area contributed by atoms with E-state index in [-0.39, 0.29) is 0 Å². The molecule has 0 aromatic rings. The highest BCUT2D eigenvalue weighted by Gasteiger charge is 2.35. The Kier molecular flexibility index (Phi) is 1.69. The van der Waals surface area contributed by atoms with E-state index in [1.54, 1.807) is 0 Å². The van der Waals surface area contributed by atoms with Crippen molar-refractivity contribution >= 4 is 0 Å². The Morgan fingerprint density at radius 1 is 1.36 bits per heavy atom. The van der Waals surface area contributed by atoms with E-state index in [2.05, 4.69) is 18.7 Å². The van der Waals surface area contributed by atoms with Crippen LogP contribution < -0.4 is 0 Å². The second-order valence-corrected chi connectivity index (χ2v) is 4.58. The standard InChI is InChI=1S/C9H17NO/c1-9(2)3-4-10(7-9)8-5-11-6-8/h8H,3-7H2,1-2H3. The first-order valence-corrected chi connectivity index (χ1v) is 4.49. The van der Waals surface area contributed by atoms with Crippen LogP contribution >= 0.6 is 0 Å². The largest absolute Gasteiger partial charge is 0.378 e. The van der Waals surface area contributed by atoms with Crippen molar-refractivity contribution < 1.29 is 4.74 Å². The van der Waals surface area contributed by atoms with Crippen LogP contribution in [0.4, 0.5) is 0 Å². The van der Waals surface area contributed by atoms with Crippen LogP contribution in [-0.2, 0) is 4.74 Å². The third kappa shape index (κ3) is 1.42. The highest BCUT2D eigenvalue weighted by molar-refractivity contribution is 4.88. The van der Waals surface area contributed by atoms with Crippen LogP contribution in [0.15, 0.2) is 0 Å². The van der Waals surface area contributed by atoms with Crippen LogP contribution in [0.25, 0.3) is 0 Å². The molecule has 2 heterocycles. The molecule has 2 aliphatic rings. The van der Waals surface area contributed by atoms with Gasteiger partial charge in [0.2, 0.25) is 0 Å². The van der Waals surface area contributed by atoms with Crippen molar-refractivity contribution in [1.82, 2.24) is 4.90 Å². The van der Waals surface area contributed by atoms with E-state index >= 15 is 0 Å². The fourth-order valence-corrected chi connectivity index (χ4v) is 1.90. The average molecular weight is 155 g/mol. The van der Waals surface area contributed by atoms with Crippen molar-refractivity contribution in [2.75, 3.05) is 26.3 Å². The van der Waals surface area contributed by atoms with Crippen molar-refractivity contribution in [3.05, 3.63) is 0 Å². The summed E-state index contributed by atoms with van der Waals surface area (Å²) in [5.74, 6) is 0. The molecule has 0 unspecified atom stereocenters. The van der Waals surface area contributed by atoms with Crippen LogP contribution in [-0.4, -0.2) is 37.2 Å². The molecule has 2 rings (SSSR count). The van der Waals surface area contributed by atoms with Crippen LogP contribution in [0.3, 0.4) is 0 Å². The van der Waals surface area contributed by atoms with Gasteiger partial charge in [-0.05, 0) is 18.4 Å². The van der Waals surface area contributed by atoms with Crippen molar-refractivity contribution in [2.45, 2.75) is 26.3 Å². The molecule has 0 bridgehead atoms. The van der Waals surface area contributed by atoms with Gasteiger partial charge in [0.15, 0.2) is 0 Å². The van der Waals surface area contributed by atoms with Gasteiger partial charge in [-0.25, -0.2) is 0 Å². The molecule has 2 heteroatoms. The average Bonchev–Trinajstić information content (AvgIpc) is 2.05. The number of nitrogens with zero attached hydrogens (tertiary/aromatic N) is 1. The van der Waals surface area contributed by atoms with Gasteiger partial charge >= 0.3 is 0 Å². The summed E-state index contributed by atoms with van der Waals surface area (Å²) in [6, 6.07) is 0.747. The van der Waals surface area contributed by atoms with E-state index in [0.717, 1.165) is 19.3 Å². The zero-order valence-electron chi connectivity index (χ0n) is 7.47. The normalized spacial score (nSPS) is 32.2. The van der Waals surface area contributed by atoms with Gasteiger partial charge in [0.1, 0.15) is 0 Å². The molecule has 2 fully saturated rings. The lowest BCUT2D eigenvalue weighted by molar-refractivity contribution is -0.0594. The van der Waals surface area contributed by atoms with E-state index in [9.17, 15) is 0 Å². The molecule has 2 aliphatic heterocycles. The zero-order valence-corrected chi connectivity index (χ0v) is 7.47. The molecular weight excluding hydrogens is 138 g/mol. The Morgan fingerprint density at radius 2 is 2.09 bits per heavy atom. The van der Waals surface area contributed by atoms with Gasteiger partial charge in [0.05, 0.1) is 19.3 Å². The molecule has 0 saturated carbocycles. The van der Waals surface area contributed by atoms with Gasteiger partial charge in [-0.3, -0.25) is 4.90 Å². The lowest BCUT2D eigenvalue weighted by atomic mass is 9.93. The van der Waals surface area contributed by atoms with Gasteiger partial charge in [-0.2, -0.15) is 0 Å². The predicted molar refractivity (Wildman–Crippen MR) is 44.6 cm³/mol. The molecule has 0 aromatic heterocycles. The first kappa shape index (κ1) is 7.56. The lowest BCUT2D eigenvalue weighted by Crippen LogP contribution is -2.48. The minimum atomic E-state index is 0.551. The Morgan fingerprint density at radius 3 is 2.45 bits per heavy atom. The molecule has 2 saturated heterocycles. The van der Waals surface area contributed by atoms with E-state index in [1.165, 1.54) is 19.5 Å². The van der Waals surface area contributed by atoms with Crippen LogP contribution in [0, 0.1) is 5.41 Å². The van der Waals surface area contributed by atoms with Gasteiger partial charge in [0.25, 0.3) is 0 Å². The van der Waals surface area contributed by atoms with E-state index < -0.39 is 0 Å². The topological polar surface area (TPSA) is 12.5 Å². The minimum absolute atomic E-state index is 0.551. The van der Waals surface area contributed by atoms with Crippen molar-refractivity contribution in [3.63, 3.8) is 0 Å². The zero-order chi connectivity index (χ0) is 7.90. The predicted octanol–water partition coefficient (Wildman–Crippen LogP) is 1.12. The summed E-state index contributed by atoms with van der Waals surface area (Å²) in [6.07, 6.45) is 1.35. The highest BCUT2D eigenvalue weighted by atomic mass is 16.5. The van der Waals surface area contributed by atoms with E-state index in [0.29, 0.717) is 5.41 Å². The van der Waals surface area contributed by atoms with Gasteiger partial charge in [-0.15, -0.1) is 0 Å². The second kappa shape index (κ2) is 2.46. The van der Waals surface area contributed by atoms with E-state index in [4.69, 9.17) is 4.74 Å². The number of rotatable bonds is 1. The number of ether oxygens (including phenoxy) is 1. The van der Waals surface area contributed by atoms with Crippen LogP contribution in [0.1, 0.15) is 20.3 Å². The lowest BCUT2D eigenvalue weighted by Gasteiger charge is -2.35. The fraction of sp³-hybridized carbons (Fsp3) is 1.00. The SMILES string of the molecule is CC1(C)CCN(C2COC2)C1. The Bertz CT molecular complexity index is 152. The van der Waals surface area contributed by atoms with Crippen LogP contribution in [0.5, 0.6) is 0 Å². The van der Waals surface area contributed by atoms with Crippen molar-refractivity contribution in [1.29, 1.82) is 0 Å². The summed E-state index contributed by atoms with van der Waals surface area (Å²) < 4.78 is 5.17. The number of likely N-dealkylation sites (tertiary alicyclic amines) is 1. The Labute approximate surface area is 68.5 Å². The molecule has 0 amide bonds. The molecule has 0 spiro atoms.